The Kier molecular flexibility index (Phi) is 10.6. The second kappa shape index (κ2) is 11.9. The number of amides is 1. The van der Waals surface area contributed by atoms with Crippen LogP contribution in [0.1, 0.15) is 26.4 Å². The number of hydrogen-bond acceptors (Lipinski definition) is 5. The molecule has 1 amide bonds. The number of alkyl halides is 9. The van der Waals surface area contributed by atoms with E-state index in [-0.39, 0.29) is 75.0 Å². The maximum absolute atomic E-state index is 13.1. The third-order valence-electron chi connectivity index (χ3n) is 5.11. The molecule has 0 bridgehead atoms. The van der Waals surface area contributed by atoms with Crippen LogP contribution in [0.2, 0.25) is 0 Å². The first-order valence-electron chi connectivity index (χ1n) is 10.2. The fraction of sp³-hybridized carbons (Fsp3) is 0.600. The first kappa shape index (κ1) is 33.1. The Bertz CT molecular complexity index is 952. The fourth-order valence-electron chi connectivity index (χ4n) is 3.10. The Morgan fingerprint density at radius 1 is 0.973 bits per heavy atom. The molecule has 0 spiro atoms. The van der Waals surface area contributed by atoms with Gasteiger partial charge in [-0.05, 0) is 26.0 Å². The van der Waals surface area contributed by atoms with Crippen LogP contribution in [-0.4, -0.2) is 77.2 Å². The van der Waals surface area contributed by atoms with Gasteiger partial charge >= 0.3 is 60.1 Å². The molecule has 0 aliphatic carbocycles. The number of carbonyl (C=O) groups is 2. The molecule has 7 nitrogen and oxygen atoms in total. The van der Waals surface area contributed by atoms with E-state index in [2.05, 4.69) is 4.74 Å². The van der Waals surface area contributed by atoms with E-state index in [0.717, 1.165) is 26.0 Å². The summed E-state index contributed by atoms with van der Waals surface area (Å²) < 4.78 is 124. The van der Waals surface area contributed by atoms with Crippen LogP contribution < -0.4 is 34.3 Å². The van der Waals surface area contributed by atoms with E-state index in [1.165, 1.54) is 4.90 Å². The number of nitrogens with zero attached hydrogens (tertiary/aromatic N) is 2. The predicted molar refractivity (Wildman–Crippen MR) is 104 cm³/mol. The monoisotopic (exact) mass is 564 g/mol. The van der Waals surface area contributed by atoms with Gasteiger partial charge in [0.2, 0.25) is 0 Å². The average Bonchev–Trinajstić information content (AvgIpc) is 2.70. The quantitative estimate of drug-likeness (QED) is 0.420. The molecule has 17 heteroatoms. The van der Waals surface area contributed by atoms with Gasteiger partial charge in [0.25, 0.3) is 6.10 Å². The van der Waals surface area contributed by atoms with Gasteiger partial charge < -0.3 is 20.9 Å². The SMILES string of the molecule is CC(C)(Oc1cc(C(F)(F)F)ccc1CN1CCN(C(=O)OC(C(F)(F)F)C(F)(F)F)CC1)C(=O)O.[H-].[Na+]. The molecule has 1 saturated heterocycles. The Hall–Kier alpha value is -1.91. The van der Waals surface area contributed by atoms with Crippen molar-refractivity contribution in [1.82, 2.24) is 9.80 Å². The van der Waals surface area contributed by atoms with Crippen LogP contribution in [0.3, 0.4) is 0 Å². The number of hydrogen-bond donors (Lipinski definition) is 1. The Morgan fingerprint density at radius 3 is 1.92 bits per heavy atom. The van der Waals surface area contributed by atoms with Gasteiger partial charge in [0.05, 0.1) is 5.56 Å². The summed E-state index contributed by atoms with van der Waals surface area (Å²) in [4.78, 5) is 25.4. The van der Waals surface area contributed by atoms with Gasteiger partial charge in [-0.3, -0.25) is 4.90 Å². The second-order valence-corrected chi connectivity index (χ2v) is 8.35. The summed E-state index contributed by atoms with van der Waals surface area (Å²) in [5, 5.41) is 9.24. The van der Waals surface area contributed by atoms with Crippen LogP contribution in [0.4, 0.5) is 44.3 Å². The molecule has 1 heterocycles. The summed E-state index contributed by atoms with van der Waals surface area (Å²) in [5.74, 6) is -1.83. The molecule has 1 fully saturated rings. The van der Waals surface area contributed by atoms with Crippen molar-refractivity contribution in [3.8, 4) is 5.75 Å². The molecular weight excluding hydrogens is 542 g/mol. The van der Waals surface area contributed by atoms with Gasteiger partial charge in [-0.25, -0.2) is 9.59 Å². The van der Waals surface area contributed by atoms with Crippen molar-refractivity contribution in [2.45, 2.75) is 50.6 Å². The fourth-order valence-corrected chi connectivity index (χ4v) is 3.10. The van der Waals surface area contributed by atoms with E-state index in [4.69, 9.17) is 4.74 Å². The second-order valence-electron chi connectivity index (χ2n) is 8.35. The smallest absolute Gasteiger partial charge is 1.00 e. The number of piperazine rings is 1. The summed E-state index contributed by atoms with van der Waals surface area (Å²) in [6.45, 7) is 1.30. The van der Waals surface area contributed by atoms with E-state index in [0.29, 0.717) is 11.0 Å². The van der Waals surface area contributed by atoms with Crippen LogP contribution in [-0.2, 0) is 22.3 Å². The molecule has 0 atom stereocenters. The molecule has 1 aromatic carbocycles. The zero-order valence-corrected chi connectivity index (χ0v) is 21.7. The molecule has 1 aromatic rings. The van der Waals surface area contributed by atoms with Crippen LogP contribution in [0.5, 0.6) is 5.75 Å². The Morgan fingerprint density at radius 2 is 1.49 bits per heavy atom. The van der Waals surface area contributed by atoms with Crippen molar-refractivity contribution in [2.24, 2.45) is 0 Å². The van der Waals surface area contributed by atoms with Gasteiger partial charge in [0, 0.05) is 38.3 Å². The summed E-state index contributed by atoms with van der Waals surface area (Å²) in [7, 11) is 0. The number of carboxylic acid groups (broad SMARTS) is 1. The molecule has 1 N–H and O–H groups in total. The maximum Gasteiger partial charge on any atom is 1.00 e. The molecule has 206 valence electrons. The van der Waals surface area contributed by atoms with Gasteiger partial charge in [-0.2, -0.15) is 39.5 Å². The largest absolute Gasteiger partial charge is 1.00 e. The minimum Gasteiger partial charge on any atom is -1.00 e. The third-order valence-corrected chi connectivity index (χ3v) is 5.11. The van der Waals surface area contributed by atoms with Gasteiger partial charge in [0.15, 0.2) is 5.60 Å². The minimum atomic E-state index is -5.86. The van der Waals surface area contributed by atoms with Crippen molar-refractivity contribution < 1.29 is 94.7 Å². The van der Waals surface area contributed by atoms with Crippen molar-refractivity contribution >= 4 is 12.1 Å². The number of ether oxygens (including phenoxy) is 2. The van der Waals surface area contributed by atoms with Gasteiger partial charge in [-0.1, -0.05) is 6.07 Å². The first-order chi connectivity index (χ1) is 16.2. The molecular formula is C20H22F9N2NaO5. The standard InChI is InChI=1S/C20H21F9N2O5.Na.H/c1-17(2,15(32)33)36-13-9-12(18(21,22)23)4-3-11(13)10-30-5-7-31(8-6-30)16(34)35-14(19(24,25)26)20(27,28)29;;/h3-4,9,14H,5-8,10H2,1-2H3,(H,32,33);;/q;+1;-1. The van der Waals surface area contributed by atoms with Gasteiger partial charge in [-0.15, -0.1) is 0 Å². The first-order valence-corrected chi connectivity index (χ1v) is 10.2. The van der Waals surface area contributed by atoms with Crippen LogP contribution in [0.25, 0.3) is 0 Å². The van der Waals surface area contributed by atoms with E-state index in [1.807, 2.05) is 0 Å². The number of carboxylic acids is 1. The van der Waals surface area contributed by atoms with Crippen molar-refractivity contribution in [3.63, 3.8) is 0 Å². The molecule has 0 aromatic heterocycles. The zero-order valence-electron chi connectivity index (χ0n) is 20.7. The average molecular weight is 564 g/mol. The number of aliphatic carboxylic acids is 1. The molecule has 0 saturated carbocycles. The third kappa shape index (κ3) is 9.11. The van der Waals surface area contributed by atoms with Gasteiger partial charge in [0.1, 0.15) is 5.75 Å². The summed E-state index contributed by atoms with van der Waals surface area (Å²) in [6.07, 6.45) is -22.6. The van der Waals surface area contributed by atoms with E-state index < -0.39 is 47.9 Å². The van der Waals surface area contributed by atoms with Crippen LogP contribution in [0, 0.1) is 0 Å². The molecule has 37 heavy (non-hydrogen) atoms. The molecule has 1 aliphatic rings. The Labute approximate surface area is 228 Å². The minimum absolute atomic E-state index is 0. The summed E-state index contributed by atoms with van der Waals surface area (Å²) >= 11 is 0. The normalized spacial score (nSPS) is 15.8. The summed E-state index contributed by atoms with van der Waals surface area (Å²) in [6, 6.07) is 2.44. The number of rotatable bonds is 6. The van der Waals surface area contributed by atoms with E-state index in [1.54, 1.807) is 0 Å². The van der Waals surface area contributed by atoms with Crippen molar-refractivity contribution in [1.29, 1.82) is 0 Å². The Balaban J connectivity index is 0.00000684. The maximum atomic E-state index is 13.1. The molecule has 0 unspecified atom stereocenters. The topological polar surface area (TPSA) is 79.3 Å². The number of carbonyl (C=O) groups excluding carboxylic acids is 1. The van der Waals surface area contributed by atoms with E-state index >= 15 is 0 Å². The number of benzene rings is 1. The van der Waals surface area contributed by atoms with Crippen molar-refractivity contribution in [2.75, 3.05) is 26.2 Å². The van der Waals surface area contributed by atoms with Crippen molar-refractivity contribution in [3.05, 3.63) is 29.3 Å². The number of halogens is 9. The molecule has 1 aliphatic heterocycles. The molecule has 2 rings (SSSR count). The van der Waals surface area contributed by atoms with E-state index in [9.17, 15) is 54.2 Å². The predicted octanol–water partition coefficient (Wildman–Crippen LogP) is 1.81. The van der Waals surface area contributed by atoms with Crippen LogP contribution >= 0.6 is 0 Å². The zero-order chi connectivity index (χ0) is 27.7. The van der Waals surface area contributed by atoms with Crippen LogP contribution in [0.15, 0.2) is 18.2 Å². The molecule has 0 radical (unpaired) electrons. The summed E-state index contributed by atoms with van der Waals surface area (Å²) in [5.41, 5.74) is -2.85.